The molecule has 106 valence electrons. The highest BCUT2D eigenvalue weighted by molar-refractivity contribution is 5.58. The van der Waals surface area contributed by atoms with E-state index in [-0.39, 0.29) is 11.7 Å². The van der Waals surface area contributed by atoms with Crippen molar-refractivity contribution in [1.82, 2.24) is 15.5 Å². The van der Waals surface area contributed by atoms with Gasteiger partial charge in [-0.05, 0) is 33.0 Å². The van der Waals surface area contributed by atoms with Crippen LogP contribution < -0.4 is 5.32 Å². The van der Waals surface area contributed by atoms with Gasteiger partial charge in [-0.3, -0.25) is 10.1 Å². The molecule has 1 heterocycles. The Morgan fingerprint density at radius 1 is 1.50 bits per heavy atom. The van der Waals surface area contributed by atoms with Crippen molar-refractivity contribution in [1.29, 1.82) is 0 Å². The van der Waals surface area contributed by atoms with Crippen LogP contribution in [0.2, 0.25) is 0 Å². The summed E-state index contributed by atoms with van der Waals surface area (Å²) in [6.07, 6.45) is 0.659. The van der Waals surface area contributed by atoms with Crippen molar-refractivity contribution in [3.8, 4) is 11.5 Å². The smallest absolute Gasteiger partial charge is 0.272 e. The van der Waals surface area contributed by atoms with Gasteiger partial charge in [0.15, 0.2) is 5.82 Å². The molecule has 0 spiro atoms. The number of hydrogen-bond acceptors (Lipinski definition) is 6. The highest BCUT2D eigenvalue weighted by Gasteiger charge is 2.15. The molecule has 0 aliphatic rings. The fraction of sp³-hybridized carbons (Fsp3) is 0.385. The van der Waals surface area contributed by atoms with Gasteiger partial charge in [0.2, 0.25) is 0 Å². The van der Waals surface area contributed by atoms with Crippen LogP contribution in [0.4, 0.5) is 5.69 Å². The fourth-order valence-electron chi connectivity index (χ4n) is 1.82. The Bertz CT molecular complexity index is 624. The van der Waals surface area contributed by atoms with Crippen molar-refractivity contribution in [2.24, 2.45) is 0 Å². The average molecular weight is 276 g/mol. The summed E-state index contributed by atoms with van der Waals surface area (Å²) >= 11 is 0. The van der Waals surface area contributed by atoms with Gasteiger partial charge in [0.25, 0.3) is 11.6 Å². The minimum absolute atomic E-state index is 0.0808. The van der Waals surface area contributed by atoms with Gasteiger partial charge in [-0.2, -0.15) is 4.98 Å². The Morgan fingerprint density at radius 3 is 2.85 bits per heavy atom. The van der Waals surface area contributed by atoms with Crippen molar-refractivity contribution in [2.45, 2.75) is 26.3 Å². The topological polar surface area (TPSA) is 94.1 Å². The zero-order chi connectivity index (χ0) is 14.7. The molecule has 1 aromatic carbocycles. The van der Waals surface area contributed by atoms with E-state index in [9.17, 15) is 10.1 Å². The Balaban J connectivity index is 2.24. The molecule has 1 aromatic heterocycles. The van der Waals surface area contributed by atoms with Crippen molar-refractivity contribution in [3.05, 3.63) is 39.7 Å². The van der Waals surface area contributed by atoms with Gasteiger partial charge < -0.3 is 9.84 Å². The summed E-state index contributed by atoms with van der Waals surface area (Å²) < 4.78 is 5.19. The van der Waals surface area contributed by atoms with Crippen LogP contribution in [0.5, 0.6) is 0 Å². The largest absolute Gasteiger partial charge is 0.334 e. The van der Waals surface area contributed by atoms with Gasteiger partial charge in [-0.1, -0.05) is 5.16 Å². The van der Waals surface area contributed by atoms with Gasteiger partial charge in [0.05, 0.1) is 4.92 Å². The Hall–Kier alpha value is -2.28. The third-order valence-electron chi connectivity index (χ3n) is 3.09. The maximum absolute atomic E-state index is 10.8. The third-order valence-corrected chi connectivity index (χ3v) is 3.09. The molecule has 1 N–H and O–H groups in total. The van der Waals surface area contributed by atoms with E-state index in [1.807, 2.05) is 14.0 Å². The van der Waals surface area contributed by atoms with Crippen LogP contribution in [0.25, 0.3) is 11.5 Å². The molecule has 7 heteroatoms. The molecule has 0 saturated carbocycles. The first-order valence-corrected chi connectivity index (χ1v) is 6.26. The number of aromatic nitrogens is 2. The van der Waals surface area contributed by atoms with Gasteiger partial charge in [-0.15, -0.1) is 0 Å². The molecule has 0 aliphatic heterocycles. The van der Waals surface area contributed by atoms with E-state index in [2.05, 4.69) is 15.5 Å². The predicted molar refractivity (Wildman–Crippen MR) is 73.4 cm³/mol. The lowest BCUT2D eigenvalue weighted by molar-refractivity contribution is -0.385. The first kappa shape index (κ1) is 14.1. The molecule has 20 heavy (non-hydrogen) atoms. The lowest BCUT2D eigenvalue weighted by atomic mass is 10.1. The van der Waals surface area contributed by atoms with E-state index < -0.39 is 4.92 Å². The molecular formula is C13H16N4O3. The minimum atomic E-state index is -0.410. The summed E-state index contributed by atoms with van der Waals surface area (Å²) in [6, 6.07) is 4.99. The molecule has 7 nitrogen and oxygen atoms in total. The minimum Gasteiger partial charge on any atom is -0.334 e. The molecule has 0 saturated heterocycles. The number of nitro benzene ring substituents is 1. The number of aryl methyl sites for hydroxylation is 1. The number of nitrogens with one attached hydrogen (secondary N) is 1. The lowest BCUT2D eigenvalue weighted by Crippen LogP contribution is -2.24. The van der Waals surface area contributed by atoms with Crippen LogP contribution in [-0.2, 0) is 6.42 Å². The van der Waals surface area contributed by atoms with E-state index in [0.717, 1.165) is 0 Å². The van der Waals surface area contributed by atoms with Crippen molar-refractivity contribution >= 4 is 5.69 Å². The quantitative estimate of drug-likeness (QED) is 0.664. The van der Waals surface area contributed by atoms with E-state index in [4.69, 9.17) is 4.52 Å². The molecule has 0 bridgehead atoms. The number of benzene rings is 1. The third kappa shape index (κ3) is 3.00. The van der Waals surface area contributed by atoms with Gasteiger partial charge >= 0.3 is 0 Å². The highest BCUT2D eigenvalue weighted by Crippen LogP contribution is 2.25. The van der Waals surface area contributed by atoms with Gasteiger partial charge in [0, 0.05) is 29.7 Å². The summed E-state index contributed by atoms with van der Waals surface area (Å²) in [4.78, 5) is 14.7. The average Bonchev–Trinajstić information content (AvgIpc) is 2.86. The van der Waals surface area contributed by atoms with E-state index in [1.165, 1.54) is 6.07 Å². The normalized spacial score (nSPS) is 12.3. The van der Waals surface area contributed by atoms with Crippen LogP contribution in [0, 0.1) is 17.0 Å². The molecule has 1 atom stereocenters. The molecule has 0 aliphatic carbocycles. The Labute approximate surface area is 116 Å². The van der Waals surface area contributed by atoms with Crippen LogP contribution >= 0.6 is 0 Å². The first-order chi connectivity index (χ1) is 9.51. The summed E-state index contributed by atoms with van der Waals surface area (Å²) in [5, 5.41) is 17.8. The second-order valence-corrected chi connectivity index (χ2v) is 4.67. The molecule has 0 radical (unpaired) electrons. The predicted octanol–water partition coefficient (Wildman–Crippen LogP) is 2.10. The molecular weight excluding hydrogens is 260 g/mol. The molecule has 2 rings (SSSR count). The zero-order valence-electron chi connectivity index (χ0n) is 11.6. The van der Waals surface area contributed by atoms with Crippen molar-refractivity contribution in [2.75, 3.05) is 7.05 Å². The van der Waals surface area contributed by atoms with Crippen LogP contribution in [-0.4, -0.2) is 28.2 Å². The van der Waals surface area contributed by atoms with E-state index >= 15 is 0 Å². The monoisotopic (exact) mass is 276 g/mol. The SMILES string of the molecule is CNC(C)Cc1noc(-c2ccc([N+](=O)[O-])c(C)c2)n1. The molecule has 2 aromatic rings. The summed E-state index contributed by atoms with van der Waals surface area (Å²) in [5.74, 6) is 0.985. The van der Waals surface area contributed by atoms with Crippen molar-refractivity contribution < 1.29 is 9.45 Å². The van der Waals surface area contributed by atoms with Crippen molar-refractivity contribution in [3.63, 3.8) is 0 Å². The highest BCUT2D eigenvalue weighted by atomic mass is 16.6. The maximum Gasteiger partial charge on any atom is 0.272 e. The standard InChI is InChI=1S/C13H16N4O3/c1-8-6-10(4-5-11(8)17(18)19)13-15-12(16-20-13)7-9(2)14-3/h4-6,9,14H,7H2,1-3H3. The second-order valence-electron chi connectivity index (χ2n) is 4.67. The number of nitrogens with zero attached hydrogens (tertiary/aromatic N) is 3. The number of likely N-dealkylation sites (N-methyl/N-ethyl adjacent to an activating group) is 1. The van der Waals surface area contributed by atoms with Crippen LogP contribution in [0.3, 0.4) is 0 Å². The zero-order valence-corrected chi connectivity index (χ0v) is 11.6. The first-order valence-electron chi connectivity index (χ1n) is 6.26. The Morgan fingerprint density at radius 2 is 2.25 bits per heavy atom. The van der Waals surface area contributed by atoms with Gasteiger partial charge in [-0.25, -0.2) is 0 Å². The molecule has 0 fully saturated rings. The van der Waals surface area contributed by atoms with Crippen LogP contribution in [0.15, 0.2) is 22.7 Å². The summed E-state index contributed by atoms with van der Waals surface area (Å²) in [5.41, 5.74) is 1.33. The molecule has 1 unspecified atom stereocenters. The lowest BCUT2D eigenvalue weighted by Gasteiger charge is -2.04. The number of nitro groups is 1. The maximum atomic E-state index is 10.8. The summed E-state index contributed by atoms with van der Waals surface area (Å²) in [7, 11) is 1.87. The Kier molecular flexibility index (Phi) is 4.09. The number of hydrogen-bond donors (Lipinski definition) is 1. The van der Waals surface area contributed by atoms with Crippen LogP contribution in [0.1, 0.15) is 18.3 Å². The summed E-state index contributed by atoms with van der Waals surface area (Å²) in [6.45, 7) is 3.70. The second kappa shape index (κ2) is 5.79. The fourth-order valence-corrected chi connectivity index (χ4v) is 1.82. The van der Waals surface area contributed by atoms with E-state index in [0.29, 0.717) is 29.3 Å². The molecule has 0 amide bonds. The van der Waals surface area contributed by atoms with Gasteiger partial charge in [0.1, 0.15) is 0 Å². The number of rotatable bonds is 5. The van der Waals surface area contributed by atoms with E-state index in [1.54, 1.807) is 19.1 Å².